The molecule has 1 N–H and O–H groups in total. The molecular formula is C27H31F2N3O2S. The van der Waals surface area contributed by atoms with Gasteiger partial charge in [-0.15, -0.1) is 11.3 Å². The fourth-order valence-corrected chi connectivity index (χ4v) is 5.36. The molecule has 4 rings (SSSR count). The summed E-state index contributed by atoms with van der Waals surface area (Å²) in [5, 5.41) is 2.33. The van der Waals surface area contributed by atoms with Crippen LogP contribution in [0.25, 0.3) is 0 Å². The number of thiophene rings is 1. The van der Waals surface area contributed by atoms with Crippen molar-refractivity contribution in [1.29, 1.82) is 0 Å². The number of ether oxygens (including phenoxy) is 1. The molecule has 35 heavy (non-hydrogen) atoms. The number of aryl methyl sites for hydroxylation is 2. The molecule has 1 fully saturated rings. The molecule has 1 amide bonds. The molecule has 8 heteroatoms. The van der Waals surface area contributed by atoms with Crippen molar-refractivity contribution in [2.24, 2.45) is 5.41 Å². The Bertz CT molecular complexity index is 1140. The average Bonchev–Trinajstić information content (AvgIpc) is 3.46. The number of pyridine rings is 1. The normalized spacial score (nSPS) is 19.5. The molecule has 1 aliphatic heterocycles. The maximum Gasteiger partial charge on any atom is 0.414 e. The van der Waals surface area contributed by atoms with E-state index in [1.54, 1.807) is 30.3 Å². The SMILES string of the molecule is Cc1ccc(C(C)(C)N2CC[C@@](CCc3ccc(F)s3)([C@@H](F)OC(=O)Nc3ccccc3)C2)cn1. The number of anilines is 1. The number of para-hydroxylation sites is 1. The summed E-state index contributed by atoms with van der Waals surface area (Å²) < 4.78 is 34.7. The number of likely N-dealkylation sites (tertiary alicyclic amines) is 1. The number of rotatable bonds is 8. The van der Waals surface area contributed by atoms with Gasteiger partial charge in [0.2, 0.25) is 6.36 Å². The largest absolute Gasteiger partial charge is 0.414 e. The van der Waals surface area contributed by atoms with Crippen LogP contribution in [0.1, 0.15) is 42.8 Å². The number of aromatic nitrogens is 1. The van der Waals surface area contributed by atoms with E-state index in [1.807, 2.05) is 31.3 Å². The molecule has 0 aliphatic carbocycles. The maximum absolute atomic E-state index is 15.8. The van der Waals surface area contributed by atoms with Crippen molar-refractivity contribution in [3.63, 3.8) is 0 Å². The van der Waals surface area contributed by atoms with Crippen LogP contribution in [0.15, 0.2) is 60.8 Å². The van der Waals surface area contributed by atoms with Crippen molar-refractivity contribution in [2.75, 3.05) is 18.4 Å². The van der Waals surface area contributed by atoms with Gasteiger partial charge in [0.25, 0.3) is 0 Å². The van der Waals surface area contributed by atoms with Gasteiger partial charge in [-0.05, 0) is 82.5 Å². The highest BCUT2D eigenvalue weighted by Crippen LogP contribution is 2.45. The molecule has 0 bridgehead atoms. The van der Waals surface area contributed by atoms with E-state index in [-0.39, 0.29) is 10.7 Å². The van der Waals surface area contributed by atoms with E-state index in [1.165, 1.54) is 6.07 Å². The molecule has 1 aromatic carbocycles. The summed E-state index contributed by atoms with van der Waals surface area (Å²) in [7, 11) is 0. The van der Waals surface area contributed by atoms with Crippen molar-refractivity contribution in [3.05, 3.63) is 82.1 Å². The lowest BCUT2D eigenvalue weighted by Crippen LogP contribution is -2.45. The minimum absolute atomic E-state index is 0.259. The fraction of sp³-hybridized carbons (Fsp3) is 0.407. The van der Waals surface area contributed by atoms with E-state index in [0.29, 0.717) is 38.0 Å². The Morgan fingerprint density at radius 2 is 2.00 bits per heavy atom. The Balaban J connectivity index is 1.52. The lowest BCUT2D eigenvalue weighted by molar-refractivity contribution is -0.0797. The van der Waals surface area contributed by atoms with Crippen molar-refractivity contribution >= 4 is 23.1 Å². The number of hydrogen-bond acceptors (Lipinski definition) is 5. The van der Waals surface area contributed by atoms with Crippen LogP contribution in [0.3, 0.4) is 0 Å². The van der Waals surface area contributed by atoms with Gasteiger partial charge in [0, 0.05) is 34.5 Å². The van der Waals surface area contributed by atoms with Crippen molar-refractivity contribution in [3.8, 4) is 0 Å². The van der Waals surface area contributed by atoms with Gasteiger partial charge in [0.1, 0.15) is 0 Å². The number of alkyl halides is 1. The van der Waals surface area contributed by atoms with Gasteiger partial charge in [0.05, 0.1) is 5.41 Å². The zero-order valence-electron chi connectivity index (χ0n) is 20.3. The van der Waals surface area contributed by atoms with Crippen LogP contribution >= 0.6 is 11.3 Å². The number of hydrogen-bond donors (Lipinski definition) is 1. The van der Waals surface area contributed by atoms with Gasteiger partial charge in [0.15, 0.2) is 5.13 Å². The second kappa shape index (κ2) is 10.4. The fourth-order valence-electron chi connectivity index (χ4n) is 4.63. The van der Waals surface area contributed by atoms with Crippen molar-refractivity contribution in [1.82, 2.24) is 9.88 Å². The van der Waals surface area contributed by atoms with Gasteiger partial charge >= 0.3 is 6.09 Å². The molecule has 1 saturated heterocycles. The Morgan fingerprint density at radius 3 is 2.66 bits per heavy atom. The Hall–Kier alpha value is -2.84. The molecule has 1 aliphatic rings. The first-order valence-corrected chi connectivity index (χ1v) is 12.6. The van der Waals surface area contributed by atoms with Gasteiger partial charge in [-0.2, -0.15) is 4.39 Å². The smallest absolute Gasteiger partial charge is 0.414 e. The summed E-state index contributed by atoms with van der Waals surface area (Å²) in [6.45, 7) is 7.18. The summed E-state index contributed by atoms with van der Waals surface area (Å²) in [6.07, 6.45) is 0.688. The highest BCUT2D eigenvalue weighted by atomic mass is 32.1. The summed E-state index contributed by atoms with van der Waals surface area (Å²) in [6, 6.07) is 16.0. The second-order valence-corrected chi connectivity index (χ2v) is 10.8. The standard InChI is InChI=1S/C27H31F2N3O2S/c1-19-9-10-20(17-30-19)26(2,3)32-16-15-27(18-32,14-13-22-11-12-23(28)35-22)24(29)34-25(33)31-21-7-5-4-6-8-21/h4-12,17,24H,13-16,18H2,1-3H3,(H,31,33)/t24-,27+/m0/s1. The number of nitrogens with one attached hydrogen (secondary N) is 1. The van der Waals surface area contributed by atoms with Crippen LogP contribution in [0.4, 0.5) is 19.3 Å². The van der Waals surface area contributed by atoms with E-state index >= 15 is 4.39 Å². The molecule has 5 nitrogen and oxygen atoms in total. The molecule has 186 valence electrons. The molecule has 0 saturated carbocycles. The third-order valence-corrected chi connectivity index (χ3v) is 7.94. The average molecular weight is 500 g/mol. The van der Waals surface area contributed by atoms with Gasteiger partial charge < -0.3 is 4.74 Å². The van der Waals surface area contributed by atoms with Crippen LogP contribution in [0.2, 0.25) is 0 Å². The van der Waals surface area contributed by atoms with Crippen LogP contribution in [-0.4, -0.2) is 35.4 Å². The maximum atomic E-state index is 15.8. The first kappa shape index (κ1) is 25.3. The first-order chi connectivity index (χ1) is 16.7. The molecular weight excluding hydrogens is 468 g/mol. The molecule has 0 radical (unpaired) electrons. The van der Waals surface area contributed by atoms with Crippen LogP contribution in [0, 0.1) is 17.5 Å². The lowest BCUT2D eigenvalue weighted by Gasteiger charge is -2.38. The second-order valence-electron chi connectivity index (χ2n) is 9.70. The molecule has 0 spiro atoms. The number of benzene rings is 1. The van der Waals surface area contributed by atoms with Crippen molar-refractivity contribution < 1.29 is 18.3 Å². The number of halogens is 2. The Morgan fingerprint density at radius 1 is 1.23 bits per heavy atom. The molecule has 0 unspecified atom stereocenters. The zero-order valence-corrected chi connectivity index (χ0v) is 21.1. The summed E-state index contributed by atoms with van der Waals surface area (Å²) in [5.74, 6) is 0. The molecule has 2 atom stereocenters. The zero-order chi connectivity index (χ0) is 25.1. The van der Waals surface area contributed by atoms with Gasteiger partial charge in [-0.25, -0.2) is 9.18 Å². The predicted molar refractivity (Wildman–Crippen MR) is 135 cm³/mol. The van der Waals surface area contributed by atoms with E-state index in [9.17, 15) is 9.18 Å². The number of amides is 1. The van der Waals surface area contributed by atoms with Crippen molar-refractivity contribution in [2.45, 2.75) is 51.9 Å². The number of carbonyl (C=O) groups excluding carboxylic acids is 1. The third kappa shape index (κ3) is 5.87. The Labute approximate surface area is 209 Å². The first-order valence-electron chi connectivity index (χ1n) is 11.8. The van der Waals surface area contributed by atoms with Gasteiger partial charge in [-0.1, -0.05) is 24.3 Å². The summed E-state index contributed by atoms with van der Waals surface area (Å²) >= 11 is 1.07. The predicted octanol–water partition coefficient (Wildman–Crippen LogP) is 6.69. The van der Waals surface area contributed by atoms with Crippen LogP contribution in [0.5, 0.6) is 0 Å². The number of nitrogens with zero attached hydrogens (tertiary/aromatic N) is 2. The Kier molecular flexibility index (Phi) is 7.52. The third-order valence-electron chi connectivity index (χ3n) is 7.00. The monoisotopic (exact) mass is 499 g/mol. The van der Waals surface area contributed by atoms with Crippen LogP contribution in [-0.2, 0) is 16.7 Å². The quantitative estimate of drug-likeness (QED) is 0.375. The van der Waals surface area contributed by atoms with E-state index in [0.717, 1.165) is 27.5 Å². The molecule has 2 aromatic heterocycles. The lowest BCUT2D eigenvalue weighted by atomic mass is 9.81. The van der Waals surface area contributed by atoms with E-state index in [2.05, 4.69) is 29.0 Å². The number of carbonyl (C=O) groups is 1. The molecule has 3 aromatic rings. The minimum atomic E-state index is -1.81. The minimum Gasteiger partial charge on any atom is -0.414 e. The summed E-state index contributed by atoms with van der Waals surface area (Å²) in [5.41, 5.74) is 1.21. The van der Waals surface area contributed by atoms with Crippen LogP contribution < -0.4 is 5.32 Å². The van der Waals surface area contributed by atoms with Gasteiger partial charge in [-0.3, -0.25) is 15.2 Å². The highest BCUT2D eigenvalue weighted by molar-refractivity contribution is 7.10. The highest BCUT2D eigenvalue weighted by Gasteiger charge is 2.50. The van der Waals surface area contributed by atoms with E-state index in [4.69, 9.17) is 4.74 Å². The topological polar surface area (TPSA) is 54.5 Å². The summed E-state index contributed by atoms with van der Waals surface area (Å²) in [4.78, 5) is 20.0. The van der Waals surface area contributed by atoms with E-state index < -0.39 is 17.9 Å². The molecule has 3 heterocycles.